The Morgan fingerprint density at radius 2 is 0.956 bits per heavy atom. The molecule has 4 aromatic carbocycles. The molecule has 0 aliphatic heterocycles. The van der Waals surface area contributed by atoms with Crippen LogP contribution in [-0.2, 0) is 12.8 Å². The van der Waals surface area contributed by atoms with Crippen molar-refractivity contribution in [3.8, 4) is 11.1 Å². The molecule has 4 aliphatic rings. The first kappa shape index (κ1) is 46.8. The van der Waals surface area contributed by atoms with Crippen LogP contribution >= 0.6 is 0 Å². The van der Waals surface area contributed by atoms with E-state index in [1.165, 1.54) is 67.3 Å². The van der Waals surface area contributed by atoms with Crippen LogP contribution in [0.1, 0.15) is 62.5 Å². The molecule has 0 radical (unpaired) electrons. The second-order valence-electron chi connectivity index (χ2n) is 17.7. The maximum atomic E-state index is 4.53. The molecule has 4 aliphatic carbocycles. The van der Waals surface area contributed by atoms with Gasteiger partial charge in [-0.3, -0.25) is 0 Å². The second kappa shape index (κ2) is 23.7. The summed E-state index contributed by atoms with van der Waals surface area (Å²) in [6.45, 7) is 16.7. The lowest BCUT2D eigenvalue weighted by atomic mass is 9.90. The van der Waals surface area contributed by atoms with Crippen molar-refractivity contribution in [1.29, 1.82) is 0 Å². The molecule has 0 saturated heterocycles. The predicted octanol–water partition coefficient (Wildman–Crippen LogP) is 17.9. The van der Waals surface area contributed by atoms with E-state index in [9.17, 15) is 0 Å². The number of allylic oxidation sites excluding steroid dienone is 27. The van der Waals surface area contributed by atoms with Crippen molar-refractivity contribution in [1.82, 2.24) is 0 Å². The SMILES string of the molecule is C=C/C=C\C(=C)C(=C)/C=C\C(=C)N(C1=CC=C(C2=CC=CCC2)CC1)c1ccc(C/C=C\C=C/Cc2ccc(N(C3=CC=C(C4=CC=CCC4)CC3)c3ccc(-c4ccccc4)cc3)cc2)cc1. The molecule has 2 heteroatoms. The summed E-state index contributed by atoms with van der Waals surface area (Å²) >= 11 is 0. The first-order valence-corrected chi connectivity index (χ1v) is 24.2. The normalized spacial score (nSPS) is 16.0. The molecule has 4 aromatic rings. The van der Waals surface area contributed by atoms with Gasteiger partial charge in [0.05, 0.1) is 0 Å². The first-order valence-electron chi connectivity index (χ1n) is 24.2. The number of hydrogen-bond acceptors (Lipinski definition) is 2. The van der Waals surface area contributed by atoms with Gasteiger partial charge in [0.1, 0.15) is 0 Å². The third kappa shape index (κ3) is 12.4. The summed E-state index contributed by atoms with van der Waals surface area (Å²) in [5.74, 6) is 0. The maximum absolute atomic E-state index is 4.53. The van der Waals surface area contributed by atoms with E-state index in [4.69, 9.17) is 0 Å². The van der Waals surface area contributed by atoms with Gasteiger partial charge in [-0.15, -0.1) is 0 Å². The average Bonchev–Trinajstić information content (AvgIpc) is 3.40. The summed E-state index contributed by atoms with van der Waals surface area (Å²) in [6, 6.07) is 37.6. The van der Waals surface area contributed by atoms with Gasteiger partial charge in [-0.05, 0) is 175 Å². The van der Waals surface area contributed by atoms with Gasteiger partial charge in [0.15, 0.2) is 0 Å². The van der Waals surface area contributed by atoms with Gasteiger partial charge >= 0.3 is 0 Å². The summed E-state index contributed by atoms with van der Waals surface area (Å²) in [5.41, 5.74) is 19.4. The highest BCUT2D eigenvalue weighted by atomic mass is 15.2. The van der Waals surface area contributed by atoms with Crippen LogP contribution in [0.2, 0.25) is 0 Å². The van der Waals surface area contributed by atoms with E-state index in [-0.39, 0.29) is 0 Å². The molecule has 0 unspecified atom stereocenters. The molecule has 0 spiro atoms. The van der Waals surface area contributed by atoms with Gasteiger partial charge in [0, 0.05) is 34.2 Å². The lowest BCUT2D eigenvalue weighted by molar-refractivity contribution is 0.843. The molecule has 68 heavy (non-hydrogen) atoms. The van der Waals surface area contributed by atoms with Crippen LogP contribution in [0, 0.1) is 0 Å². The summed E-state index contributed by atoms with van der Waals surface area (Å²) in [4.78, 5) is 4.71. The Labute approximate surface area is 406 Å². The maximum Gasteiger partial charge on any atom is 0.0458 e. The Hall–Kier alpha value is -7.68. The van der Waals surface area contributed by atoms with Gasteiger partial charge in [-0.1, -0.05) is 190 Å². The highest BCUT2D eigenvalue weighted by Gasteiger charge is 2.21. The Bertz CT molecular complexity index is 2850. The fourth-order valence-corrected chi connectivity index (χ4v) is 9.13. The van der Waals surface area contributed by atoms with Crippen LogP contribution in [0.5, 0.6) is 0 Å². The lowest BCUT2D eigenvalue weighted by Crippen LogP contribution is -2.21. The van der Waals surface area contributed by atoms with E-state index in [1.807, 2.05) is 24.3 Å². The van der Waals surface area contributed by atoms with Gasteiger partial charge in [-0.2, -0.15) is 0 Å². The van der Waals surface area contributed by atoms with Gasteiger partial charge in [0.2, 0.25) is 0 Å². The van der Waals surface area contributed by atoms with Crippen molar-refractivity contribution in [2.45, 2.75) is 64.2 Å². The second-order valence-corrected chi connectivity index (χ2v) is 17.7. The largest absolute Gasteiger partial charge is 0.315 e. The molecular weight excluding hydrogens is 821 g/mol. The Morgan fingerprint density at radius 1 is 0.456 bits per heavy atom. The van der Waals surface area contributed by atoms with Gasteiger partial charge in [0.25, 0.3) is 0 Å². The molecule has 0 amide bonds. The number of rotatable bonds is 19. The first-order chi connectivity index (χ1) is 33.4. The number of hydrogen-bond donors (Lipinski definition) is 0. The molecule has 0 fully saturated rings. The Morgan fingerprint density at radius 3 is 1.47 bits per heavy atom. The fourth-order valence-electron chi connectivity index (χ4n) is 9.13. The predicted molar refractivity (Wildman–Crippen MR) is 295 cm³/mol. The number of nitrogens with zero attached hydrogens (tertiary/aromatic N) is 2. The molecule has 338 valence electrons. The zero-order valence-corrected chi connectivity index (χ0v) is 39.6. The fraction of sp³-hybridized carbons (Fsp3) is 0.152. The van der Waals surface area contributed by atoms with E-state index in [0.717, 1.165) is 86.7 Å². The Balaban J connectivity index is 0.915. The Kier molecular flexibility index (Phi) is 16.3. The van der Waals surface area contributed by atoms with Crippen LogP contribution in [0.15, 0.2) is 295 Å². The van der Waals surface area contributed by atoms with Gasteiger partial charge in [-0.25, -0.2) is 0 Å². The lowest BCUT2D eigenvalue weighted by Gasteiger charge is -2.30. The monoisotopic (exact) mass is 885 g/mol. The van der Waals surface area contributed by atoms with Crippen LogP contribution in [-0.4, -0.2) is 0 Å². The number of anilines is 3. The van der Waals surface area contributed by atoms with Crippen LogP contribution in [0.3, 0.4) is 0 Å². The van der Waals surface area contributed by atoms with Crippen molar-refractivity contribution in [2.24, 2.45) is 0 Å². The minimum absolute atomic E-state index is 0.837. The smallest absolute Gasteiger partial charge is 0.0458 e. The molecule has 0 bridgehead atoms. The minimum Gasteiger partial charge on any atom is -0.315 e. The molecule has 0 saturated carbocycles. The zero-order chi connectivity index (χ0) is 46.9. The molecule has 0 heterocycles. The zero-order valence-electron chi connectivity index (χ0n) is 39.6. The highest BCUT2D eigenvalue weighted by Crippen LogP contribution is 2.38. The summed E-state index contributed by atoms with van der Waals surface area (Å²) < 4.78 is 0. The highest BCUT2D eigenvalue weighted by molar-refractivity contribution is 5.73. The van der Waals surface area contributed by atoms with Gasteiger partial charge < -0.3 is 9.80 Å². The van der Waals surface area contributed by atoms with Crippen LogP contribution < -0.4 is 9.80 Å². The van der Waals surface area contributed by atoms with E-state index < -0.39 is 0 Å². The van der Waals surface area contributed by atoms with Crippen molar-refractivity contribution in [3.63, 3.8) is 0 Å². The summed E-state index contributed by atoms with van der Waals surface area (Å²) in [7, 11) is 0. The van der Waals surface area contributed by atoms with Crippen molar-refractivity contribution < 1.29 is 0 Å². The van der Waals surface area contributed by atoms with Crippen LogP contribution in [0.25, 0.3) is 11.1 Å². The molecule has 0 N–H and O–H groups in total. The quantitative estimate of drug-likeness (QED) is 0.0866. The summed E-state index contributed by atoms with van der Waals surface area (Å²) in [6.07, 6.45) is 51.3. The molecule has 0 atom stereocenters. The summed E-state index contributed by atoms with van der Waals surface area (Å²) in [5, 5.41) is 0. The number of benzene rings is 4. The van der Waals surface area contributed by atoms with Crippen molar-refractivity contribution in [3.05, 3.63) is 307 Å². The third-order valence-electron chi connectivity index (χ3n) is 13.0. The standard InChI is InChI=1S/C66H64N2/c1-5-6-20-51(2)52(3)29-30-53(4)67(63-45-35-59(36-46-63)56-23-14-9-15-24-56)62-41-31-54(32-42-62)21-12-7-8-13-22-55-33-43-64(44-34-55)68(65-47-37-60(38-48-65)57-25-16-10-17-26-57)66-49-39-61(40-50-66)58-27-18-11-19-28-58/h5-14,16-18,20,23,25-27,29-35,37-39,41-45,47-49H,1-4,15,19,21-22,24,28,36,40,46,50H2/b12-7-,13-8-,20-6-,30-29-. The van der Waals surface area contributed by atoms with Crippen molar-refractivity contribution >= 4 is 17.1 Å². The molecule has 0 aromatic heterocycles. The van der Waals surface area contributed by atoms with Crippen molar-refractivity contribution in [2.75, 3.05) is 9.80 Å². The van der Waals surface area contributed by atoms with E-state index in [2.05, 4.69) is 224 Å². The molecule has 2 nitrogen and oxygen atoms in total. The minimum atomic E-state index is 0.837. The topological polar surface area (TPSA) is 6.48 Å². The van der Waals surface area contributed by atoms with E-state index in [0.29, 0.717) is 0 Å². The molecule has 8 rings (SSSR count). The third-order valence-corrected chi connectivity index (χ3v) is 13.0. The van der Waals surface area contributed by atoms with E-state index >= 15 is 0 Å². The molecular formula is C66H64N2. The average molecular weight is 885 g/mol. The van der Waals surface area contributed by atoms with E-state index in [1.54, 1.807) is 6.08 Å². The van der Waals surface area contributed by atoms with Crippen LogP contribution in [0.4, 0.5) is 17.1 Å².